The van der Waals surface area contributed by atoms with Gasteiger partial charge in [0.05, 0.1) is 5.39 Å². The number of amides is 1. The number of nitrogens with one attached hydrogen (secondary N) is 2. The molecule has 1 aliphatic heterocycles. The summed E-state index contributed by atoms with van der Waals surface area (Å²) in [5, 5.41) is 9.48. The molecule has 13 nitrogen and oxygen atoms in total. The molecule has 0 saturated carbocycles. The van der Waals surface area contributed by atoms with Crippen molar-refractivity contribution in [3.8, 4) is 11.3 Å². The number of nitrogens with two attached hydrogens (primary N) is 1. The van der Waals surface area contributed by atoms with Gasteiger partial charge >= 0.3 is 0 Å². The van der Waals surface area contributed by atoms with Gasteiger partial charge in [-0.2, -0.15) is 5.10 Å². The smallest absolute Gasteiger partial charge is 0.248 e. The number of aliphatic imine (C=N–C) groups is 2. The van der Waals surface area contributed by atoms with E-state index in [2.05, 4.69) is 58.7 Å². The topological polar surface area (TPSA) is 159 Å². The summed E-state index contributed by atoms with van der Waals surface area (Å²) in [7, 11) is 0. The normalized spacial score (nSPS) is 15.1. The first-order valence-electron chi connectivity index (χ1n) is 13.9. The molecule has 1 fully saturated rings. The second-order valence-corrected chi connectivity index (χ2v) is 9.95. The van der Waals surface area contributed by atoms with E-state index in [0.717, 1.165) is 62.2 Å². The lowest BCUT2D eigenvalue weighted by Crippen LogP contribution is -2.48. The Labute approximate surface area is 238 Å². The van der Waals surface area contributed by atoms with Crippen molar-refractivity contribution in [1.82, 2.24) is 44.8 Å². The van der Waals surface area contributed by atoms with Gasteiger partial charge in [0.1, 0.15) is 23.5 Å². The maximum Gasteiger partial charge on any atom is 0.248 e. The summed E-state index contributed by atoms with van der Waals surface area (Å²) in [6.45, 7) is 13.3. The molecule has 13 heteroatoms. The van der Waals surface area contributed by atoms with Gasteiger partial charge in [0.25, 0.3) is 0 Å². The van der Waals surface area contributed by atoms with Gasteiger partial charge in [-0.1, -0.05) is 6.92 Å². The fourth-order valence-electron chi connectivity index (χ4n) is 4.89. The van der Waals surface area contributed by atoms with Crippen LogP contribution in [0.15, 0.2) is 52.6 Å². The number of aryl methyl sites for hydroxylation is 1. The Bertz CT molecular complexity index is 1590. The number of piperazine rings is 1. The van der Waals surface area contributed by atoms with Crippen LogP contribution >= 0.6 is 0 Å². The molecule has 4 N–H and O–H groups in total. The summed E-state index contributed by atoms with van der Waals surface area (Å²) >= 11 is 0. The van der Waals surface area contributed by atoms with Gasteiger partial charge in [-0.05, 0) is 45.2 Å². The van der Waals surface area contributed by atoms with Gasteiger partial charge in [-0.25, -0.2) is 29.6 Å². The Hall–Kier alpha value is -4.65. The van der Waals surface area contributed by atoms with Crippen LogP contribution in [0.3, 0.4) is 0 Å². The number of carbonyl (C=O) groups excluding carboxylic acids is 1. The summed E-state index contributed by atoms with van der Waals surface area (Å²) in [5.41, 5.74) is 9.78. The number of aromatic amines is 1. The fraction of sp³-hybridized carbons (Fsp3) is 0.393. The highest BCUT2D eigenvalue weighted by molar-refractivity contribution is 5.99. The van der Waals surface area contributed by atoms with Gasteiger partial charge in [0, 0.05) is 74.4 Å². The molecule has 0 aliphatic carbocycles. The van der Waals surface area contributed by atoms with Crippen molar-refractivity contribution in [2.24, 2.45) is 9.98 Å². The minimum absolute atomic E-state index is 0.159. The van der Waals surface area contributed by atoms with Crippen molar-refractivity contribution in [2.75, 3.05) is 45.0 Å². The molecule has 1 aliphatic rings. The maximum absolute atomic E-state index is 12.6. The highest BCUT2D eigenvalue weighted by Gasteiger charge is 2.19. The van der Waals surface area contributed by atoms with Gasteiger partial charge in [-0.15, -0.1) is 0 Å². The molecule has 0 atom stereocenters. The predicted octanol–water partition coefficient (Wildman–Crippen LogP) is 2.45. The Morgan fingerprint density at radius 2 is 2.05 bits per heavy atom. The van der Waals surface area contributed by atoms with Gasteiger partial charge in [0.15, 0.2) is 5.65 Å². The number of rotatable bonds is 9. The quantitative estimate of drug-likeness (QED) is 0.123. The van der Waals surface area contributed by atoms with E-state index in [0.29, 0.717) is 47.2 Å². The lowest BCUT2D eigenvalue weighted by molar-refractivity contribution is -0.117. The van der Waals surface area contributed by atoms with Crippen LogP contribution < -0.4 is 11.1 Å². The number of fused-ring (bicyclic) bond motifs is 2. The number of likely N-dealkylation sites (N-methyl/N-ethyl adjacent to an activating group) is 1. The second-order valence-electron chi connectivity index (χ2n) is 9.95. The standard InChI is InChI=1S/C28H36N12O/c1-4-38-11-13-39(14-12-38)28(30-3)34-16-19(2)27(41)32-8-5-6-10-40-26-22(24(29)35-18-36-26)23(37-40)21-15-20-7-9-31-25(20)33-17-21/h7,9,15-18H,3-6,8,10-14H2,1-2H3,(H,31,33)(H,32,41)(H2,29,35,36)/b19-16+,34-28+. The minimum atomic E-state index is -0.159. The van der Waals surface area contributed by atoms with E-state index in [4.69, 9.17) is 10.8 Å². The summed E-state index contributed by atoms with van der Waals surface area (Å²) in [6.07, 6.45) is 8.18. The van der Waals surface area contributed by atoms with Crippen molar-refractivity contribution in [1.29, 1.82) is 0 Å². The second kappa shape index (κ2) is 12.7. The fourth-order valence-corrected chi connectivity index (χ4v) is 4.89. The molecule has 5 heterocycles. The molecule has 1 amide bonds. The predicted molar refractivity (Wildman–Crippen MR) is 161 cm³/mol. The van der Waals surface area contributed by atoms with E-state index in [1.807, 2.05) is 23.0 Å². The van der Waals surface area contributed by atoms with E-state index in [9.17, 15) is 4.79 Å². The van der Waals surface area contributed by atoms with Gasteiger partial charge in [0.2, 0.25) is 11.9 Å². The summed E-state index contributed by atoms with van der Waals surface area (Å²) in [6, 6.07) is 3.99. The molecule has 0 aromatic carbocycles. The first kappa shape index (κ1) is 27.9. The zero-order valence-corrected chi connectivity index (χ0v) is 23.5. The Balaban J connectivity index is 1.16. The Kier molecular flexibility index (Phi) is 8.63. The van der Waals surface area contributed by atoms with Crippen LogP contribution in [-0.4, -0.2) is 97.4 Å². The van der Waals surface area contributed by atoms with Crippen molar-refractivity contribution < 1.29 is 4.79 Å². The number of nitrogens with zero attached hydrogens (tertiary/aromatic N) is 9. The monoisotopic (exact) mass is 556 g/mol. The first-order valence-corrected chi connectivity index (χ1v) is 13.9. The van der Waals surface area contributed by atoms with Crippen molar-refractivity contribution >= 4 is 46.5 Å². The summed E-state index contributed by atoms with van der Waals surface area (Å²) in [5.74, 6) is 0.764. The number of carbonyl (C=O) groups is 1. The number of guanidine groups is 1. The van der Waals surface area contributed by atoms with Crippen molar-refractivity contribution in [3.63, 3.8) is 0 Å². The van der Waals surface area contributed by atoms with Crippen LogP contribution in [0.2, 0.25) is 0 Å². The average Bonchev–Trinajstić information content (AvgIpc) is 3.62. The molecule has 1 saturated heterocycles. The molecular formula is C28H36N12O. The molecule has 5 rings (SSSR count). The lowest BCUT2D eigenvalue weighted by atomic mass is 10.1. The summed E-state index contributed by atoms with van der Waals surface area (Å²) in [4.78, 5) is 41.8. The van der Waals surface area contributed by atoms with E-state index in [-0.39, 0.29) is 5.91 Å². The molecule has 4 aromatic rings. The number of pyridine rings is 1. The number of hydrogen-bond acceptors (Lipinski definition) is 8. The average molecular weight is 557 g/mol. The number of anilines is 1. The highest BCUT2D eigenvalue weighted by Crippen LogP contribution is 2.31. The maximum atomic E-state index is 12.6. The largest absolute Gasteiger partial charge is 0.383 e. The van der Waals surface area contributed by atoms with Crippen LogP contribution in [0.1, 0.15) is 26.7 Å². The van der Waals surface area contributed by atoms with Crippen LogP contribution in [0.5, 0.6) is 0 Å². The van der Waals surface area contributed by atoms with Crippen LogP contribution in [0.25, 0.3) is 33.3 Å². The van der Waals surface area contributed by atoms with E-state index in [1.165, 1.54) is 6.33 Å². The molecule has 0 unspecified atom stereocenters. The van der Waals surface area contributed by atoms with E-state index >= 15 is 0 Å². The molecule has 0 spiro atoms. The van der Waals surface area contributed by atoms with Crippen LogP contribution in [-0.2, 0) is 11.3 Å². The SMILES string of the molecule is C=N/C(=N\C=C(/C)C(=O)NCCCCn1nc(-c2cnc3[nH]ccc3c2)c2c(N)ncnc21)N1CCN(CC)CC1. The Morgan fingerprint density at radius 3 is 2.83 bits per heavy atom. The lowest BCUT2D eigenvalue weighted by Gasteiger charge is -2.34. The first-order chi connectivity index (χ1) is 20.0. The number of unbranched alkanes of at least 4 members (excludes halogenated alkanes) is 1. The van der Waals surface area contributed by atoms with Crippen LogP contribution in [0, 0.1) is 0 Å². The third kappa shape index (κ3) is 6.24. The zero-order chi connectivity index (χ0) is 28.8. The van der Waals surface area contributed by atoms with Crippen molar-refractivity contribution in [3.05, 3.63) is 42.6 Å². The van der Waals surface area contributed by atoms with Crippen molar-refractivity contribution in [2.45, 2.75) is 33.2 Å². The van der Waals surface area contributed by atoms with Gasteiger partial charge in [-0.3, -0.25) is 4.79 Å². The Morgan fingerprint density at radius 1 is 1.22 bits per heavy atom. The third-order valence-corrected chi connectivity index (χ3v) is 7.29. The minimum Gasteiger partial charge on any atom is -0.383 e. The number of aromatic nitrogens is 6. The zero-order valence-electron chi connectivity index (χ0n) is 23.5. The number of hydrogen-bond donors (Lipinski definition) is 3. The molecule has 214 valence electrons. The summed E-state index contributed by atoms with van der Waals surface area (Å²) < 4.78 is 1.84. The molecule has 4 aromatic heterocycles. The molecule has 41 heavy (non-hydrogen) atoms. The highest BCUT2D eigenvalue weighted by atomic mass is 16.1. The van der Waals surface area contributed by atoms with Crippen LogP contribution in [0.4, 0.5) is 5.82 Å². The number of H-pyrrole nitrogens is 1. The van der Waals surface area contributed by atoms with E-state index in [1.54, 1.807) is 19.3 Å². The molecule has 0 radical (unpaired) electrons. The number of nitrogen functional groups attached to an aromatic ring is 1. The van der Waals surface area contributed by atoms with E-state index < -0.39 is 0 Å². The molecular weight excluding hydrogens is 520 g/mol. The van der Waals surface area contributed by atoms with Gasteiger partial charge < -0.3 is 25.8 Å². The molecule has 0 bridgehead atoms. The third-order valence-electron chi connectivity index (χ3n) is 7.29.